The maximum atomic E-state index is 12.2. The summed E-state index contributed by atoms with van der Waals surface area (Å²) in [7, 11) is 0. The lowest BCUT2D eigenvalue weighted by molar-refractivity contribution is -0.176. The van der Waals surface area contributed by atoms with Gasteiger partial charge in [-0.05, 0) is 39.5 Å². The number of carbonyl (C=O) groups excluding carboxylic acids is 3. The summed E-state index contributed by atoms with van der Waals surface area (Å²) >= 11 is 0. The molecule has 0 heterocycles. The van der Waals surface area contributed by atoms with Crippen molar-refractivity contribution in [1.29, 1.82) is 0 Å². The van der Waals surface area contributed by atoms with Crippen molar-refractivity contribution in [2.24, 2.45) is 11.3 Å². The second-order valence-electron chi connectivity index (χ2n) is 4.98. The van der Waals surface area contributed by atoms with Crippen molar-refractivity contribution < 1.29 is 23.9 Å². The van der Waals surface area contributed by atoms with Crippen LogP contribution < -0.4 is 0 Å². The zero-order valence-electron chi connectivity index (χ0n) is 11.9. The summed E-state index contributed by atoms with van der Waals surface area (Å²) in [6, 6.07) is 0. The number of carbonyl (C=O) groups is 3. The molecule has 0 N–H and O–H groups in total. The van der Waals surface area contributed by atoms with E-state index in [9.17, 15) is 14.4 Å². The maximum absolute atomic E-state index is 12.2. The normalized spacial score (nSPS) is 19.9. The third kappa shape index (κ3) is 3.33. The highest BCUT2D eigenvalue weighted by molar-refractivity contribution is 6.00. The van der Waals surface area contributed by atoms with Crippen LogP contribution in [0.15, 0.2) is 0 Å². The smallest absolute Gasteiger partial charge is 0.323 e. The van der Waals surface area contributed by atoms with E-state index in [-0.39, 0.29) is 31.3 Å². The van der Waals surface area contributed by atoms with Crippen LogP contribution >= 0.6 is 0 Å². The minimum absolute atomic E-state index is 0.0936. The molecule has 1 aliphatic carbocycles. The Kier molecular flexibility index (Phi) is 5.51. The molecule has 1 atom stereocenters. The molecule has 0 saturated heterocycles. The lowest BCUT2D eigenvalue weighted by Crippen LogP contribution is -2.47. The second kappa shape index (κ2) is 6.68. The van der Waals surface area contributed by atoms with E-state index in [1.807, 2.05) is 0 Å². The van der Waals surface area contributed by atoms with Crippen molar-refractivity contribution in [2.45, 2.75) is 46.5 Å². The molecule has 5 heteroatoms. The summed E-state index contributed by atoms with van der Waals surface area (Å²) in [5.41, 5.74) is -1.37. The van der Waals surface area contributed by atoms with Gasteiger partial charge in [-0.2, -0.15) is 0 Å². The van der Waals surface area contributed by atoms with Crippen molar-refractivity contribution in [2.75, 3.05) is 13.2 Å². The number of rotatable bonds is 5. The molecule has 5 nitrogen and oxygen atoms in total. The number of hydrogen-bond donors (Lipinski definition) is 0. The standard InChI is InChI=1S/C14H22O5/c1-4-18-12(16)14(3,13(17)19-5-2)10-7-6-8-11(15)9-10/h10H,4-9H2,1-3H3/t10-/m1/s1. The maximum Gasteiger partial charge on any atom is 0.323 e. The molecular weight excluding hydrogens is 248 g/mol. The first kappa shape index (κ1) is 15.7. The van der Waals surface area contributed by atoms with Gasteiger partial charge in [-0.3, -0.25) is 14.4 Å². The van der Waals surface area contributed by atoms with Gasteiger partial charge in [0.05, 0.1) is 13.2 Å². The third-order valence-electron chi connectivity index (χ3n) is 3.70. The molecule has 1 fully saturated rings. The molecule has 0 amide bonds. The number of esters is 2. The Labute approximate surface area is 113 Å². The van der Waals surface area contributed by atoms with Crippen molar-refractivity contribution in [3.05, 3.63) is 0 Å². The minimum Gasteiger partial charge on any atom is -0.465 e. The van der Waals surface area contributed by atoms with Crippen LogP contribution in [0.4, 0.5) is 0 Å². The number of ketones is 1. The molecule has 0 aromatic heterocycles. The Morgan fingerprint density at radius 3 is 2.16 bits per heavy atom. The summed E-state index contributed by atoms with van der Waals surface area (Å²) in [6.45, 7) is 5.32. The molecule has 0 spiro atoms. The highest BCUT2D eigenvalue weighted by Crippen LogP contribution is 2.39. The van der Waals surface area contributed by atoms with Crippen LogP contribution in [0, 0.1) is 11.3 Å². The molecule has 0 bridgehead atoms. The highest BCUT2D eigenvalue weighted by Gasteiger charge is 2.51. The molecular formula is C14H22O5. The van der Waals surface area contributed by atoms with Crippen molar-refractivity contribution in [3.63, 3.8) is 0 Å². The summed E-state index contributed by atoms with van der Waals surface area (Å²) in [4.78, 5) is 35.9. The van der Waals surface area contributed by atoms with Crippen LogP contribution in [0.2, 0.25) is 0 Å². The van der Waals surface area contributed by atoms with Gasteiger partial charge in [0, 0.05) is 12.8 Å². The fraction of sp³-hybridized carbons (Fsp3) is 0.786. The van der Waals surface area contributed by atoms with Crippen molar-refractivity contribution >= 4 is 17.7 Å². The largest absolute Gasteiger partial charge is 0.465 e. The Hall–Kier alpha value is -1.39. The fourth-order valence-electron chi connectivity index (χ4n) is 2.50. The van der Waals surface area contributed by atoms with Gasteiger partial charge in [0.25, 0.3) is 0 Å². The zero-order chi connectivity index (χ0) is 14.5. The summed E-state index contributed by atoms with van der Waals surface area (Å²) in [5.74, 6) is -1.41. The van der Waals surface area contributed by atoms with Gasteiger partial charge in [0.1, 0.15) is 5.78 Å². The van der Waals surface area contributed by atoms with Crippen LogP contribution in [0.5, 0.6) is 0 Å². The average Bonchev–Trinajstić information content (AvgIpc) is 2.38. The summed E-state index contributed by atoms with van der Waals surface area (Å²) in [6.07, 6.45) is 2.14. The third-order valence-corrected chi connectivity index (χ3v) is 3.70. The molecule has 0 aliphatic heterocycles. The van der Waals surface area contributed by atoms with Crippen LogP contribution in [0.1, 0.15) is 46.5 Å². The lowest BCUT2D eigenvalue weighted by atomic mass is 9.69. The molecule has 108 valence electrons. The van der Waals surface area contributed by atoms with E-state index >= 15 is 0 Å². The van der Waals surface area contributed by atoms with Crippen LogP contribution in [0.3, 0.4) is 0 Å². The molecule has 0 unspecified atom stereocenters. The Balaban J connectivity index is 2.99. The first-order valence-corrected chi connectivity index (χ1v) is 6.82. The minimum atomic E-state index is -1.37. The lowest BCUT2D eigenvalue weighted by Gasteiger charge is -2.34. The Morgan fingerprint density at radius 2 is 1.74 bits per heavy atom. The van der Waals surface area contributed by atoms with Gasteiger partial charge in [-0.15, -0.1) is 0 Å². The van der Waals surface area contributed by atoms with Gasteiger partial charge in [-0.1, -0.05) is 0 Å². The van der Waals surface area contributed by atoms with Gasteiger partial charge in [0.15, 0.2) is 5.41 Å². The molecule has 1 aliphatic rings. The SMILES string of the molecule is CCOC(=O)C(C)(C(=O)OCC)[C@@H]1CCCC(=O)C1. The number of ether oxygens (including phenoxy) is 2. The first-order valence-electron chi connectivity index (χ1n) is 6.82. The number of hydrogen-bond acceptors (Lipinski definition) is 5. The Morgan fingerprint density at radius 1 is 1.21 bits per heavy atom. The first-order chi connectivity index (χ1) is 8.96. The number of Topliss-reactive ketones (excluding diaryl/α,β-unsaturated/α-hetero) is 1. The topological polar surface area (TPSA) is 69.7 Å². The summed E-state index contributed by atoms with van der Waals surface area (Å²) in [5, 5.41) is 0. The van der Waals surface area contributed by atoms with Crippen LogP contribution in [-0.4, -0.2) is 30.9 Å². The predicted octanol–water partition coefficient (Wildman–Crippen LogP) is 1.88. The van der Waals surface area contributed by atoms with E-state index in [1.54, 1.807) is 13.8 Å². The molecule has 1 saturated carbocycles. The zero-order valence-corrected chi connectivity index (χ0v) is 11.9. The fourth-order valence-corrected chi connectivity index (χ4v) is 2.50. The molecule has 1 rings (SSSR count). The van der Waals surface area contributed by atoms with Gasteiger partial charge < -0.3 is 9.47 Å². The van der Waals surface area contributed by atoms with E-state index in [4.69, 9.17) is 9.47 Å². The van der Waals surface area contributed by atoms with Crippen molar-refractivity contribution in [1.82, 2.24) is 0 Å². The van der Waals surface area contributed by atoms with E-state index in [1.165, 1.54) is 6.92 Å². The second-order valence-corrected chi connectivity index (χ2v) is 4.98. The van der Waals surface area contributed by atoms with Gasteiger partial charge in [-0.25, -0.2) is 0 Å². The van der Waals surface area contributed by atoms with E-state index in [0.717, 1.165) is 0 Å². The van der Waals surface area contributed by atoms with E-state index < -0.39 is 17.4 Å². The highest BCUT2D eigenvalue weighted by atomic mass is 16.6. The molecule has 0 aromatic rings. The monoisotopic (exact) mass is 270 g/mol. The molecule has 0 aromatic carbocycles. The predicted molar refractivity (Wildman–Crippen MR) is 68.3 cm³/mol. The molecule has 19 heavy (non-hydrogen) atoms. The van der Waals surface area contributed by atoms with Crippen molar-refractivity contribution in [3.8, 4) is 0 Å². The van der Waals surface area contributed by atoms with E-state index in [0.29, 0.717) is 19.3 Å². The average molecular weight is 270 g/mol. The van der Waals surface area contributed by atoms with Crippen LogP contribution in [-0.2, 0) is 23.9 Å². The van der Waals surface area contributed by atoms with Gasteiger partial charge in [0.2, 0.25) is 0 Å². The Bertz CT molecular complexity index is 343. The van der Waals surface area contributed by atoms with Gasteiger partial charge >= 0.3 is 11.9 Å². The summed E-state index contributed by atoms with van der Waals surface area (Å²) < 4.78 is 10.0. The molecule has 0 radical (unpaired) electrons. The van der Waals surface area contributed by atoms with Crippen LogP contribution in [0.25, 0.3) is 0 Å². The quantitative estimate of drug-likeness (QED) is 0.563. The van der Waals surface area contributed by atoms with E-state index in [2.05, 4.69) is 0 Å².